The number of rotatable bonds is 7. The fourth-order valence-electron chi connectivity index (χ4n) is 1.90. The van der Waals surface area contributed by atoms with Crippen LogP contribution in [0.25, 0.3) is 0 Å². The van der Waals surface area contributed by atoms with Crippen LogP contribution in [0.3, 0.4) is 0 Å². The summed E-state index contributed by atoms with van der Waals surface area (Å²) in [6.45, 7) is 10.8. The van der Waals surface area contributed by atoms with Crippen LogP contribution in [0.4, 0.5) is 17.5 Å². The lowest BCUT2D eigenvalue weighted by Crippen LogP contribution is -2.28. The molecule has 19 heavy (non-hydrogen) atoms. The van der Waals surface area contributed by atoms with E-state index < -0.39 is 4.92 Å². The van der Waals surface area contributed by atoms with Crippen molar-refractivity contribution in [2.45, 2.75) is 27.7 Å². The smallest absolute Gasteiger partial charge is 0.329 e. The summed E-state index contributed by atoms with van der Waals surface area (Å²) in [4.78, 5) is 22.9. The molecule has 0 N–H and O–H groups in total. The minimum absolute atomic E-state index is 0.0420. The second-order valence-corrected chi connectivity index (χ2v) is 3.98. The van der Waals surface area contributed by atoms with Crippen LogP contribution >= 0.6 is 0 Å². The zero-order valence-corrected chi connectivity index (χ0v) is 12.0. The normalized spacial score (nSPS) is 10.3. The monoisotopic (exact) mass is 267 g/mol. The van der Waals surface area contributed by atoms with E-state index in [1.54, 1.807) is 0 Å². The number of nitrogens with zero attached hydrogens (tertiary/aromatic N) is 5. The Labute approximate surface area is 113 Å². The third-order valence-corrected chi connectivity index (χ3v) is 3.04. The van der Waals surface area contributed by atoms with Crippen molar-refractivity contribution in [2.75, 3.05) is 36.0 Å². The number of anilines is 2. The molecule has 0 atom stereocenters. The van der Waals surface area contributed by atoms with Gasteiger partial charge in [0.05, 0.1) is 4.92 Å². The topological polar surface area (TPSA) is 75.4 Å². The molecule has 0 unspecified atom stereocenters. The minimum atomic E-state index is -0.431. The molecule has 0 bridgehead atoms. The lowest BCUT2D eigenvalue weighted by atomic mass is 10.4. The van der Waals surface area contributed by atoms with Crippen molar-refractivity contribution in [1.29, 1.82) is 0 Å². The standard InChI is InChI=1S/C12H21N5O2/c1-5-15(6-2)11-10(17(18)19)9-13-12(14-11)16(7-3)8-4/h9H,5-8H2,1-4H3. The van der Waals surface area contributed by atoms with E-state index in [2.05, 4.69) is 9.97 Å². The van der Waals surface area contributed by atoms with Crippen LogP contribution in [0.1, 0.15) is 27.7 Å². The van der Waals surface area contributed by atoms with E-state index in [-0.39, 0.29) is 5.69 Å². The molecule has 0 aromatic carbocycles. The van der Waals surface area contributed by atoms with Crippen LogP contribution in [0.2, 0.25) is 0 Å². The highest BCUT2D eigenvalue weighted by Gasteiger charge is 2.22. The van der Waals surface area contributed by atoms with E-state index >= 15 is 0 Å². The van der Waals surface area contributed by atoms with Crippen molar-refractivity contribution in [2.24, 2.45) is 0 Å². The molecular weight excluding hydrogens is 246 g/mol. The molecule has 7 heteroatoms. The van der Waals surface area contributed by atoms with Crippen LogP contribution in [0, 0.1) is 10.1 Å². The van der Waals surface area contributed by atoms with Crippen molar-refractivity contribution >= 4 is 17.5 Å². The van der Waals surface area contributed by atoms with Gasteiger partial charge in [-0.15, -0.1) is 0 Å². The fourth-order valence-corrected chi connectivity index (χ4v) is 1.90. The Morgan fingerprint density at radius 2 is 1.63 bits per heavy atom. The largest absolute Gasteiger partial charge is 0.351 e. The van der Waals surface area contributed by atoms with Crippen molar-refractivity contribution in [3.8, 4) is 0 Å². The highest BCUT2D eigenvalue weighted by molar-refractivity contribution is 5.59. The predicted octanol–water partition coefficient (Wildman–Crippen LogP) is 2.08. The van der Waals surface area contributed by atoms with E-state index in [1.807, 2.05) is 37.5 Å². The van der Waals surface area contributed by atoms with Gasteiger partial charge in [-0.2, -0.15) is 4.98 Å². The molecule has 1 aromatic heterocycles. The van der Waals surface area contributed by atoms with Crippen LogP contribution < -0.4 is 9.80 Å². The van der Waals surface area contributed by atoms with Gasteiger partial charge in [-0.1, -0.05) is 0 Å². The zero-order valence-electron chi connectivity index (χ0n) is 12.0. The molecule has 0 spiro atoms. The van der Waals surface area contributed by atoms with E-state index in [4.69, 9.17) is 0 Å². The summed E-state index contributed by atoms with van der Waals surface area (Å²) in [5.74, 6) is 0.935. The first-order valence-corrected chi connectivity index (χ1v) is 6.60. The highest BCUT2D eigenvalue weighted by atomic mass is 16.6. The first-order chi connectivity index (χ1) is 9.08. The second-order valence-electron chi connectivity index (χ2n) is 3.98. The van der Waals surface area contributed by atoms with Gasteiger partial charge < -0.3 is 9.80 Å². The van der Waals surface area contributed by atoms with E-state index in [0.29, 0.717) is 24.9 Å². The predicted molar refractivity (Wildman–Crippen MR) is 75.8 cm³/mol. The van der Waals surface area contributed by atoms with Crippen molar-refractivity contribution in [3.05, 3.63) is 16.3 Å². The maximum atomic E-state index is 11.1. The molecule has 0 saturated carbocycles. The van der Waals surface area contributed by atoms with E-state index in [0.717, 1.165) is 13.1 Å². The summed E-state index contributed by atoms with van der Waals surface area (Å²) >= 11 is 0. The minimum Gasteiger partial charge on any atom is -0.351 e. The van der Waals surface area contributed by atoms with Crippen molar-refractivity contribution < 1.29 is 4.92 Å². The third kappa shape index (κ3) is 3.30. The van der Waals surface area contributed by atoms with Gasteiger partial charge in [-0.3, -0.25) is 10.1 Å². The Hall–Kier alpha value is -1.92. The Kier molecular flexibility index (Phi) is 5.47. The van der Waals surface area contributed by atoms with Gasteiger partial charge in [-0.05, 0) is 27.7 Å². The summed E-state index contributed by atoms with van der Waals surface area (Å²) in [5.41, 5.74) is -0.0420. The summed E-state index contributed by atoms with van der Waals surface area (Å²) in [6.07, 6.45) is 1.30. The van der Waals surface area contributed by atoms with Gasteiger partial charge in [0.2, 0.25) is 11.8 Å². The zero-order chi connectivity index (χ0) is 14.4. The first kappa shape index (κ1) is 15.1. The summed E-state index contributed by atoms with van der Waals surface area (Å²) in [5, 5.41) is 11.1. The molecule has 1 heterocycles. The average molecular weight is 267 g/mol. The Bertz CT molecular complexity index is 430. The van der Waals surface area contributed by atoms with Gasteiger partial charge >= 0.3 is 5.69 Å². The van der Waals surface area contributed by atoms with E-state index in [9.17, 15) is 10.1 Å². The molecule has 7 nitrogen and oxygen atoms in total. The Morgan fingerprint density at radius 3 is 2.05 bits per heavy atom. The number of nitro groups is 1. The molecule has 0 saturated heterocycles. The summed E-state index contributed by atoms with van der Waals surface area (Å²) < 4.78 is 0. The molecule has 0 amide bonds. The molecule has 0 aliphatic rings. The van der Waals surface area contributed by atoms with Crippen LogP contribution in [-0.4, -0.2) is 41.1 Å². The van der Waals surface area contributed by atoms with E-state index in [1.165, 1.54) is 6.20 Å². The molecule has 0 fully saturated rings. The maximum absolute atomic E-state index is 11.1. The summed E-state index contributed by atoms with van der Waals surface area (Å²) in [6, 6.07) is 0. The van der Waals surface area contributed by atoms with Crippen LogP contribution in [0.5, 0.6) is 0 Å². The first-order valence-electron chi connectivity index (χ1n) is 6.60. The maximum Gasteiger partial charge on any atom is 0.329 e. The fraction of sp³-hybridized carbons (Fsp3) is 0.667. The van der Waals surface area contributed by atoms with Gasteiger partial charge in [0.1, 0.15) is 6.20 Å². The van der Waals surface area contributed by atoms with Gasteiger partial charge in [-0.25, -0.2) is 4.98 Å². The lowest BCUT2D eigenvalue weighted by Gasteiger charge is -2.23. The quantitative estimate of drug-likeness (QED) is 0.556. The van der Waals surface area contributed by atoms with Gasteiger partial charge in [0, 0.05) is 26.2 Å². The highest BCUT2D eigenvalue weighted by Crippen LogP contribution is 2.26. The van der Waals surface area contributed by atoms with Gasteiger partial charge in [0.25, 0.3) is 0 Å². The van der Waals surface area contributed by atoms with Crippen LogP contribution in [-0.2, 0) is 0 Å². The Balaban J connectivity index is 3.28. The number of aromatic nitrogens is 2. The Morgan fingerprint density at radius 1 is 1.11 bits per heavy atom. The molecule has 106 valence electrons. The molecule has 1 rings (SSSR count). The third-order valence-electron chi connectivity index (χ3n) is 3.04. The second kappa shape index (κ2) is 6.86. The summed E-state index contributed by atoms with van der Waals surface area (Å²) in [7, 11) is 0. The van der Waals surface area contributed by atoms with Gasteiger partial charge in [0.15, 0.2) is 0 Å². The molecular formula is C12H21N5O2. The molecule has 1 aromatic rings. The number of hydrogen-bond donors (Lipinski definition) is 0. The van der Waals surface area contributed by atoms with Crippen LogP contribution in [0.15, 0.2) is 6.20 Å². The lowest BCUT2D eigenvalue weighted by molar-refractivity contribution is -0.384. The van der Waals surface area contributed by atoms with Crippen molar-refractivity contribution in [1.82, 2.24) is 9.97 Å². The molecule has 0 aliphatic heterocycles. The van der Waals surface area contributed by atoms with Crippen molar-refractivity contribution in [3.63, 3.8) is 0 Å². The molecule has 0 aliphatic carbocycles. The number of hydrogen-bond acceptors (Lipinski definition) is 6. The SMILES string of the molecule is CCN(CC)c1ncc([N+](=O)[O-])c(N(CC)CC)n1. The average Bonchev–Trinajstić information content (AvgIpc) is 2.41. The molecule has 0 radical (unpaired) electrons.